The van der Waals surface area contributed by atoms with Crippen molar-refractivity contribution in [3.63, 3.8) is 0 Å². The summed E-state index contributed by atoms with van der Waals surface area (Å²) in [7, 11) is 0. The van der Waals surface area contributed by atoms with Crippen molar-refractivity contribution < 1.29 is 19.2 Å². The molecule has 43 heavy (non-hydrogen) atoms. The maximum absolute atomic E-state index is 13.2. The summed E-state index contributed by atoms with van der Waals surface area (Å²) in [6.07, 6.45) is 4.05. The van der Waals surface area contributed by atoms with Crippen molar-refractivity contribution in [1.29, 1.82) is 0 Å². The number of carbonyl (C=O) groups excluding carboxylic acids is 2. The van der Waals surface area contributed by atoms with E-state index >= 15 is 0 Å². The third-order valence-electron chi connectivity index (χ3n) is 6.94. The number of para-hydroxylation sites is 1. The second-order valence-electron chi connectivity index (χ2n) is 9.80. The Morgan fingerprint density at radius 3 is 2.53 bits per heavy atom. The highest BCUT2D eigenvalue weighted by molar-refractivity contribution is 6.01. The van der Waals surface area contributed by atoms with Crippen LogP contribution >= 0.6 is 0 Å². The Hall–Kier alpha value is -5.78. The van der Waals surface area contributed by atoms with Crippen LogP contribution in [-0.2, 0) is 29.1 Å². The second-order valence-corrected chi connectivity index (χ2v) is 9.80. The van der Waals surface area contributed by atoms with Crippen LogP contribution in [0.4, 0.5) is 10.5 Å². The summed E-state index contributed by atoms with van der Waals surface area (Å²) in [5.74, 6) is -0.533. The Morgan fingerprint density at radius 1 is 1.07 bits per heavy atom. The molecule has 0 radical (unpaired) electrons. The van der Waals surface area contributed by atoms with Crippen LogP contribution in [0.1, 0.15) is 28.1 Å². The van der Waals surface area contributed by atoms with Gasteiger partial charge in [-0.3, -0.25) is 14.9 Å². The number of H-pyrrole nitrogens is 1. The summed E-state index contributed by atoms with van der Waals surface area (Å²) in [5.41, 5.74) is 7.60. The van der Waals surface area contributed by atoms with Gasteiger partial charge in [-0.25, -0.2) is 15.2 Å². The summed E-state index contributed by atoms with van der Waals surface area (Å²) >= 11 is 0. The number of fused-ring (bicyclic) bond motifs is 1. The van der Waals surface area contributed by atoms with Gasteiger partial charge in [0.15, 0.2) is 0 Å². The molecule has 2 aromatic heterocycles. The molecule has 0 aliphatic rings. The molecule has 5 aromatic rings. The van der Waals surface area contributed by atoms with Gasteiger partial charge in [0.05, 0.1) is 17.5 Å². The molecule has 12 nitrogen and oxygen atoms in total. The van der Waals surface area contributed by atoms with Gasteiger partial charge in [0.25, 0.3) is 11.6 Å². The molecular weight excluding hydrogens is 550 g/mol. The summed E-state index contributed by atoms with van der Waals surface area (Å²) in [6.45, 7) is 2.50. The minimum atomic E-state index is -0.981. The fourth-order valence-corrected chi connectivity index (χ4v) is 4.70. The number of nitrogens with one attached hydrogen (secondary N) is 3. The number of nitro groups is 1. The van der Waals surface area contributed by atoms with Crippen molar-refractivity contribution in [2.45, 2.75) is 32.5 Å². The van der Waals surface area contributed by atoms with E-state index < -0.39 is 23.0 Å². The Morgan fingerprint density at radius 2 is 1.81 bits per heavy atom. The number of aromatic nitrogens is 3. The van der Waals surface area contributed by atoms with Crippen molar-refractivity contribution in [3.05, 3.63) is 130 Å². The van der Waals surface area contributed by atoms with Crippen molar-refractivity contribution in [3.8, 4) is 0 Å². The smallest absolute Gasteiger partial charge is 0.408 e. The maximum Gasteiger partial charge on any atom is 0.408 e. The molecule has 218 valence electrons. The van der Waals surface area contributed by atoms with E-state index in [0.29, 0.717) is 12.2 Å². The lowest BCUT2D eigenvalue weighted by molar-refractivity contribution is -0.384. The predicted molar refractivity (Wildman–Crippen MR) is 160 cm³/mol. The molecule has 0 aliphatic heterocycles. The third-order valence-corrected chi connectivity index (χ3v) is 6.94. The van der Waals surface area contributed by atoms with Crippen LogP contribution in [0.3, 0.4) is 0 Å². The average Bonchev–Trinajstić information content (AvgIpc) is 3.63. The zero-order valence-corrected chi connectivity index (χ0v) is 23.3. The van der Waals surface area contributed by atoms with Crippen LogP contribution in [0.15, 0.2) is 96.5 Å². The molecule has 0 spiro atoms. The van der Waals surface area contributed by atoms with E-state index in [1.54, 1.807) is 24.5 Å². The summed E-state index contributed by atoms with van der Waals surface area (Å²) in [5, 5.41) is 18.8. The zero-order valence-electron chi connectivity index (χ0n) is 23.3. The highest BCUT2D eigenvalue weighted by Crippen LogP contribution is 2.26. The number of ether oxygens (including phenoxy) is 1. The van der Waals surface area contributed by atoms with E-state index in [2.05, 4.69) is 30.4 Å². The van der Waals surface area contributed by atoms with Gasteiger partial charge >= 0.3 is 6.09 Å². The van der Waals surface area contributed by atoms with Gasteiger partial charge in [0.2, 0.25) is 0 Å². The lowest BCUT2D eigenvalue weighted by atomic mass is 10.1. The Bertz CT molecular complexity index is 1750. The first-order valence-electron chi connectivity index (χ1n) is 13.5. The van der Waals surface area contributed by atoms with Crippen molar-refractivity contribution in [2.75, 3.05) is 0 Å². The van der Waals surface area contributed by atoms with E-state index in [-0.39, 0.29) is 18.7 Å². The number of imidazole rings is 1. The van der Waals surface area contributed by atoms with Gasteiger partial charge in [-0.15, -0.1) is 0 Å². The van der Waals surface area contributed by atoms with Gasteiger partial charge in [0.1, 0.15) is 12.6 Å². The molecule has 3 N–H and O–H groups in total. The summed E-state index contributed by atoms with van der Waals surface area (Å²) in [4.78, 5) is 43.2. The SMILES string of the molecule is Cc1c(/C=N\NC(=O)[C@H](Cc2cnc[nH]2)NC(=O)OCc2ccccc2)c2ccccc2n1Cc1ccc([N+](=O)[O-])cc1. The van der Waals surface area contributed by atoms with E-state index in [0.717, 1.165) is 33.3 Å². The molecule has 3 aromatic carbocycles. The molecule has 1 atom stereocenters. The first-order chi connectivity index (χ1) is 20.9. The number of hydrogen-bond donors (Lipinski definition) is 3. The van der Waals surface area contributed by atoms with Crippen molar-refractivity contribution in [2.24, 2.45) is 5.10 Å². The van der Waals surface area contributed by atoms with E-state index in [9.17, 15) is 19.7 Å². The number of carbonyl (C=O) groups is 2. The number of aromatic amines is 1. The highest BCUT2D eigenvalue weighted by Gasteiger charge is 2.23. The lowest BCUT2D eigenvalue weighted by Crippen LogP contribution is -2.47. The first kappa shape index (κ1) is 28.7. The van der Waals surface area contributed by atoms with Gasteiger partial charge in [-0.1, -0.05) is 60.7 Å². The fourth-order valence-electron chi connectivity index (χ4n) is 4.70. The fraction of sp³-hybridized carbons (Fsp3) is 0.161. The lowest BCUT2D eigenvalue weighted by Gasteiger charge is -2.16. The van der Waals surface area contributed by atoms with E-state index in [1.165, 1.54) is 18.5 Å². The molecule has 12 heteroatoms. The standard InChI is InChI=1S/C31H29N7O5/c1-21-27(26-9-5-6-10-29(26)37(21)18-22-11-13-25(14-12-22)38(41)42)17-34-36-30(39)28(15-24-16-32-20-33-24)35-31(40)43-19-23-7-3-2-4-8-23/h2-14,16-17,20,28H,15,18-19H2,1H3,(H,32,33)(H,35,40)(H,36,39)/b34-17-/t28-/m0/s1. The van der Waals surface area contributed by atoms with Crippen LogP contribution in [0, 0.1) is 17.0 Å². The van der Waals surface area contributed by atoms with Crippen LogP contribution in [0.5, 0.6) is 0 Å². The van der Waals surface area contributed by atoms with Gasteiger partial charge in [-0.2, -0.15) is 5.10 Å². The number of nitro benzene ring substituents is 1. The van der Waals surface area contributed by atoms with Gasteiger partial charge < -0.3 is 19.6 Å². The minimum Gasteiger partial charge on any atom is -0.445 e. The first-order valence-corrected chi connectivity index (χ1v) is 13.5. The van der Waals surface area contributed by atoms with Gasteiger partial charge in [-0.05, 0) is 24.1 Å². The van der Waals surface area contributed by atoms with Crippen molar-refractivity contribution >= 4 is 34.8 Å². The molecule has 2 amide bonds. The number of benzene rings is 3. The maximum atomic E-state index is 13.2. The molecule has 0 saturated carbocycles. The minimum absolute atomic E-state index is 0.0335. The van der Waals surface area contributed by atoms with Crippen LogP contribution in [-0.4, -0.2) is 43.7 Å². The number of hydrogen-bond acceptors (Lipinski definition) is 7. The Balaban J connectivity index is 1.30. The number of nitrogens with zero attached hydrogens (tertiary/aromatic N) is 4. The molecule has 0 fully saturated rings. The summed E-state index contributed by atoms with van der Waals surface area (Å²) < 4.78 is 7.39. The van der Waals surface area contributed by atoms with Crippen LogP contribution in [0.2, 0.25) is 0 Å². The number of amides is 2. The second kappa shape index (κ2) is 13.3. The largest absolute Gasteiger partial charge is 0.445 e. The molecule has 5 rings (SSSR count). The Labute approximate surface area is 246 Å². The average molecular weight is 580 g/mol. The number of hydrazone groups is 1. The quantitative estimate of drug-likeness (QED) is 0.118. The molecule has 0 bridgehead atoms. The molecule has 0 unspecified atom stereocenters. The van der Waals surface area contributed by atoms with Crippen LogP contribution in [0.25, 0.3) is 10.9 Å². The molecule has 0 aliphatic carbocycles. The van der Waals surface area contributed by atoms with Crippen LogP contribution < -0.4 is 10.7 Å². The molecule has 0 saturated heterocycles. The molecule has 2 heterocycles. The van der Waals surface area contributed by atoms with E-state index in [1.807, 2.05) is 61.5 Å². The Kier molecular flexibility index (Phi) is 8.86. The highest BCUT2D eigenvalue weighted by atomic mass is 16.6. The monoisotopic (exact) mass is 579 g/mol. The predicted octanol–water partition coefficient (Wildman–Crippen LogP) is 4.62. The number of rotatable bonds is 11. The summed E-state index contributed by atoms with van der Waals surface area (Å²) in [6, 6.07) is 22.5. The number of alkyl carbamates (subject to hydrolysis) is 1. The van der Waals surface area contributed by atoms with Gasteiger partial charge in [0, 0.05) is 59.1 Å². The third kappa shape index (κ3) is 7.11. The topological polar surface area (TPSA) is 157 Å². The van der Waals surface area contributed by atoms with Crippen molar-refractivity contribution in [1.82, 2.24) is 25.3 Å². The normalized spacial score (nSPS) is 11.8. The zero-order chi connectivity index (χ0) is 30.2. The number of non-ortho nitro benzene ring substituents is 1. The van der Waals surface area contributed by atoms with E-state index in [4.69, 9.17) is 4.74 Å². The molecular formula is C31H29N7O5.